The van der Waals surface area contributed by atoms with Crippen molar-refractivity contribution in [1.29, 1.82) is 0 Å². The number of aliphatic hydroxyl groups excluding tert-OH is 1. The topological polar surface area (TPSA) is 71.5 Å². The molecule has 1 aliphatic carbocycles. The normalized spacial score (nSPS) is 24.2. The van der Waals surface area contributed by atoms with Crippen LogP contribution in [-0.4, -0.2) is 41.4 Å². The van der Waals surface area contributed by atoms with Crippen molar-refractivity contribution in [2.24, 2.45) is 5.92 Å². The van der Waals surface area contributed by atoms with Crippen LogP contribution in [0.5, 0.6) is 0 Å². The second kappa shape index (κ2) is 6.25. The number of amides is 1. The number of nitrogens with one attached hydrogen (secondary N) is 1. The summed E-state index contributed by atoms with van der Waals surface area (Å²) in [5.41, 5.74) is 1.06. The Kier molecular flexibility index (Phi) is 4.18. The average molecular weight is 286 g/mol. The summed E-state index contributed by atoms with van der Waals surface area (Å²) in [6.45, 7) is 0.529. The second-order valence-corrected chi connectivity index (χ2v) is 5.43. The van der Waals surface area contributed by atoms with Gasteiger partial charge in [-0.1, -0.05) is 11.8 Å². The fourth-order valence-corrected chi connectivity index (χ4v) is 2.64. The number of aromatic nitrogens is 1. The highest BCUT2D eigenvalue weighted by molar-refractivity contribution is 5.92. The molecule has 2 atom stereocenters. The first kappa shape index (κ1) is 14.1. The highest BCUT2D eigenvalue weighted by Gasteiger charge is 2.41. The number of hydrogen-bond acceptors (Lipinski definition) is 4. The maximum atomic E-state index is 12.2. The van der Waals surface area contributed by atoms with Gasteiger partial charge in [-0.15, -0.1) is 0 Å². The van der Waals surface area contributed by atoms with Gasteiger partial charge in [-0.2, -0.15) is 0 Å². The van der Waals surface area contributed by atoms with Crippen LogP contribution in [0.25, 0.3) is 0 Å². The Morgan fingerprint density at radius 2 is 2.29 bits per heavy atom. The third kappa shape index (κ3) is 3.41. The number of nitrogens with zero attached hydrogens (tertiary/aromatic N) is 1. The van der Waals surface area contributed by atoms with Crippen LogP contribution in [0.1, 0.15) is 35.3 Å². The molecule has 3 rings (SSSR count). The van der Waals surface area contributed by atoms with Crippen molar-refractivity contribution < 1.29 is 14.6 Å². The molecule has 2 unspecified atom stereocenters. The lowest BCUT2D eigenvalue weighted by Gasteiger charge is -2.19. The van der Waals surface area contributed by atoms with Crippen molar-refractivity contribution >= 4 is 5.91 Å². The standard InChI is InChI=1S/C16H18N2O3/c19-8-1-2-11-3-6-14(17-10-11)16(20)18-13-7-9-21-15(13)12-4-5-12/h3,6,10,12-13,15,19H,4-5,7-9H2,(H,18,20). The maximum absolute atomic E-state index is 12.2. The molecular weight excluding hydrogens is 268 g/mol. The predicted octanol–water partition coefficient (Wildman–Crippen LogP) is 0.723. The SMILES string of the molecule is O=C(NC1CCOC1C1CC1)c1ccc(C#CCO)cn1. The molecule has 1 saturated carbocycles. The first-order chi connectivity index (χ1) is 10.3. The third-order valence-corrected chi connectivity index (χ3v) is 3.85. The summed E-state index contributed by atoms with van der Waals surface area (Å²) < 4.78 is 5.71. The zero-order valence-electron chi connectivity index (χ0n) is 11.7. The van der Waals surface area contributed by atoms with Crippen molar-refractivity contribution in [3.63, 3.8) is 0 Å². The van der Waals surface area contributed by atoms with Crippen molar-refractivity contribution in [1.82, 2.24) is 10.3 Å². The fraction of sp³-hybridized carbons (Fsp3) is 0.500. The molecular formula is C16H18N2O3. The van der Waals surface area contributed by atoms with Gasteiger partial charge in [0.2, 0.25) is 0 Å². The van der Waals surface area contributed by atoms with Gasteiger partial charge in [0.1, 0.15) is 12.3 Å². The summed E-state index contributed by atoms with van der Waals surface area (Å²) in [6.07, 6.45) is 4.98. The minimum Gasteiger partial charge on any atom is -0.384 e. The average Bonchev–Trinajstić information content (AvgIpc) is 3.26. The van der Waals surface area contributed by atoms with Gasteiger partial charge in [0.05, 0.1) is 12.1 Å². The summed E-state index contributed by atoms with van der Waals surface area (Å²) in [5.74, 6) is 5.74. The van der Waals surface area contributed by atoms with Gasteiger partial charge in [-0.3, -0.25) is 4.79 Å². The van der Waals surface area contributed by atoms with Gasteiger partial charge in [0.15, 0.2) is 0 Å². The smallest absolute Gasteiger partial charge is 0.270 e. The monoisotopic (exact) mass is 286 g/mol. The van der Waals surface area contributed by atoms with Crippen LogP contribution in [0.4, 0.5) is 0 Å². The molecule has 0 aromatic carbocycles. The Hall–Kier alpha value is -1.90. The molecule has 0 radical (unpaired) electrons. The van der Waals surface area contributed by atoms with Crippen LogP contribution in [0.2, 0.25) is 0 Å². The molecule has 2 N–H and O–H groups in total. The Morgan fingerprint density at radius 1 is 1.43 bits per heavy atom. The molecule has 5 nitrogen and oxygen atoms in total. The second-order valence-electron chi connectivity index (χ2n) is 5.43. The van der Waals surface area contributed by atoms with Gasteiger partial charge >= 0.3 is 0 Å². The van der Waals surface area contributed by atoms with E-state index in [1.807, 2.05) is 0 Å². The van der Waals surface area contributed by atoms with E-state index in [9.17, 15) is 4.79 Å². The number of hydrogen-bond donors (Lipinski definition) is 2. The van der Waals surface area contributed by atoms with E-state index in [1.54, 1.807) is 18.3 Å². The van der Waals surface area contributed by atoms with Crippen molar-refractivity contribution in [2.45, 2.75) is 31.4 Å². The van der Waals surface area contributed by atoms with Crippen LogP contribution in [0.15, 0.2) is 18.3 Å². The molecule has 2 aliphatic rings. The molecule has 0 bridgehead atoms. The minimum absolute atomic E-state index is 0.0978. The fourth-order valence-electron chi connectivity index (χ4n) is 2.64. The van der Waals surface area contributed by atoms with E-state index in [4.69, 9.17) is 9.84 Å². The van der Waals surface area contributed by atoms with Crippen molar-refractivity contribution in [3.8, 4) is 11.8 Å². The Bertz CT molecular complexity index is 569. The van der Waals surface area contributed by atoms with E-state index < -0.39 is 0 Å². The summed E-state index contributed by atoms with van der Waals surface area (Å²) >= 11 is 0. The quantitative estimate of drug-likeness (QED) is 0.803. The highest BCUT2D eigenvalue weighted by atomic mass is 16.5. The number of aliphatic hydroxyl groups is 1. The molecule has 2 heterocycles. The summed E-state index contributed by atoms with van der Waals surface area (Å²) in [7, 11) is 0. The lowest BCUT2D eigenvalue weighted by atomic mass is 10.1. The summed E-state index contributed by atoms with van der Waals surface area (Å²) in [5, 5.41) is 11.7. The van der Waals surface area contributed by atoms with Gasteiger partial charge in [-0.25, -0.2) is 4.98 Å². The molecule has 5 heteroatoms. The van der Waals surface area contributed by atoms with Gasteiger partial charge in [-0.05, 0) is 37.3 Å². The maximum Gasteiger partial charge on any atom is 0.270 e. The van der Waals surface area contributed by atoms with Crippen LogP contribution in [0.3, 0.4) is 0 Å². The third-order valence-electron chi connectivity index (χ3n) is 3.85. The molecule has 0 spiro atoms. The zero-order chi connectivity index (χ0) is 14.7. The minimum atomic E-state index is -0.188. The molecule has 1 aromatic heterocycles. The predicted molar refractivity (Wildman–Crippen MR) is 76.5 cm³/mol. The molecule has 21 heavy (non-hydrogen) atoms. The number of rotatable bonds is 3. The van der Waals surface area contributed by atoms with E-state index in [-0.39, 0.29) is 24.7 Å². The molecule has 2 fully saturated rings. The van der Waals surface area contributed by atoms with Gasteiger partial charge in [0, 0.05) is 18.4 Å². The van der Waals surface area contributed by atoms with E-state index >= 15 is 0 Å². The molecule has 1 amide bonds. The van der Waals surface area contributed by atoms with Gasteiger partial charge < -0.3 is 15.2 Å². The number of carbonyl (C=O) groups is 1. The van der Waals surface area contributed by atoms with Crippen molar-refractivity contribution in [2.75, 3.05) is 13.2 Å². The van der Waals surface area contributed by atoms with Crippen molar-refractivity contribution in [3.05, 3.63) is 29.6 Å². The largest absolute Gasteiger partial charge is 0.384 e. The molecule has 1 aromatic rings. The first-order valence-corrected chi connectivity index (χ1v) is 7.26. The van der Waals surface area contributed by atoms with Crippen LogP contribution in [0, 0.1) is 17.8 Å². The first-order valence-electron chi connectivity index (χ1n) is 7.26. The molecule has 1 saturated heterocycles. The number of carbonyl (C=O) groups excluding carboxylic acids is 1. The van der Waals surface area contributed by atoms with Crippen LogP contribution >= 0.6 is 0 Å². The van der Waals surface area contributed by atoms with Gasteiger partial charge in [0.25, 0.3) is 5.91 Å². The summed E-state index contributed by atoms with van der Waals surface area (Å²) in [6, 6.07) is 3.48. The molecule has 1 aliphatic heterocycles. The Labute approximate surface area is 123 Å². The van der Waals surface area contributed by atoms with Crippen LogP contribution in [-0.2, 0) is 4.74 Å². The van der Waals surface area contributed by atoms with Crippen LogP contribution < -0.4 is 5.32 Å². The Morgan fingerprint density at radius 3 is 2.95 bits per heavy atom. The van der Waals surface area contributed by atoms with E-state index in [0.717, 1.165) is 13.0 Å². The van der Waals surface area contributed by atoms with E-state index in [2.05, 4.69) is 22.1 Å². The van der Waals surface area contributed by atoms with E-state index in [1.165, 1.54) is 12.8 Å². The highest BCUT2D eigenvalue weighted by Crippen LogP contribution is 2.38. The summed E-state index contributed by atoms with van der Waals surface area (Å²) in [4.78, 5) is 16.3. The number of pyridine rings is 1. The number of ether oxygens (including phenoxy) is 1. The van der Waals surface area contributed by atoms with E-state index in [0.29, 0.717) is 17.2 Å². The molecule has 110 valence electrons. The lowest BCUT2D eigenvalue weighted by Crippen LogP contribution is -2.41. The lowest BCUT2D eigenvalue weighted by molar-refractivity contribution is 0.0727. The zero-order valence-corrected chi connectivity index (χ0v) is 11.7. The Balaban J connectivity index is 1.62.